The van der Waals surface area contributed by atoms with Gasteiger partial charge in [-0.1, -0.05) is 84.0 Å². The van der Waals surface area contributed by atoms with E-state index in [9.17, 15) is 30.3 Å². The second-order valence-electron chi connectivity index (χ2n) is 14.2. The van der Waals surface area contributed by atoms with Crippen molar-refractivity contribution in [3.63, 3.8) is 0 Å². The molecule has 1 aliphatic carbocycles. The van der Waals surface area contributed by atoms with E-state index in [-0.39, 0.29) is 19.4 Å². The summed E-state index contributed by atoms with van der Waals surface area (Å²) in [6.45, 7) is 1.76. The molecule has 1 saturated carbocycles. The summed E-state index contributed by atoms with van der Waals surface area (Å²) >= 11 is 0. The van der Waals surface area contributed by atoms with Gasteiger partial charge in [0.05, 0.1) is 30.9 Å². The minimum Gasteiger partial charge on any atom is -0.481 e. The zero-order valence-electron chi connectivity index (χ0n) is 29.9. The lowest BCUT2D eigenvalue weighted by Gasteiger charge is -2.47. The number of unbranched alkanes of at least 4 members (excludes halogenated alkanes) is 12. The van der Waals surface area contributed by atoms with Crippen LogP contribution in [0.5, 0.6) is 0 Å². The summed E-state index contributed by atoms with van der Waals surface area (Å²) in [5, 5.41) is 59.2. The normalized spacial score (nSPS) is 37.6. The molecule has 296 valence electrons. The molecule has 2 saturated heterocycles. The number of aliphatic carboxylic acids is 1. The van der Waals surface area contributed by atoms with Crippen molar-refractivity contribution in [3.8, 4) is 0 Å². The van der Waals surface area contributed by atoms with Gasteiger partial charge in [0.25, 0.3) is 0 Å². The van der Waals surface area contributed by atoms with Crippen molar-refractivity contribution in [1.82, 2.24) is 0 Å². The van der Waals surface area contributed by atoms with Crippen molar-refractivity contribution < 1.29 is 54.4 Å². The summed E-state index contributed by atoms with van der Waals surface area (Å²) in [7, 11) is 0. The van der Waals surface area contributed by atoms with Gasteiger partial charge >= 0.3 is 5.97 Å². The van der Waals surface area contributed by atoms with E-state index in [0.29, 0.717) is 6.42 Å². The van der Waals surface area contributed by atoms with Crippen LogP contribution in [0.3, 0.4) is 0 Å². The minimum absolute atomic E-state index is 0.0542. The van der Waals surface area contributed by atoms with Crippen molar-refractivity contribution in [3.05, 3.63) is 0 Å². The zero-order chi connectivity index (χ0) is 37.2. The number of carboxylic acids is 1. The molecule has 16 heteroatoms. The third-order valence-corrected chi connectivity index (χ3v) is 9.91. The molecule has 0 aromatic rings. The van der Waals surface area contributed by atoms with Gasteiger partial charge in [-0.15, -0.1) is 0 Å². The molecule has 0 aromatic heterocycles. The molecule has 2 heterocycles. The lowest BCUT2D eigenvalue weighted by atomic mass is 9.84. The summed E-state index contributed by atoms with van der Waals surface area (Å²) < 4.78 is 22.7. The van der Waals surface area contributed by atoms with Crippen LogP contribution >= 0.6 is 0 Å². The van der Waals surface area contributed by atoms with Crippen LogP contribution in [0.15, 0.2) is 0 Å². The molecular formula is C34H69N5O11. The molecule has 3 fully saturated rings. The Bertz CT molecular complexity index is 912. The fourth-order valence-corrected chi connectivity index (χ4v) is 6.72. The maximum Gasteiger partial charge on any atom is 0.303 e. The van der Waals surface area contributed by atoms with Gasteiger partial charge in [0.15, 0.2) is 12.6 Å². The second kappa shape index (κ2) is 24.3. The largest absolute Gasteiger partial charge is 0.481 e. The van der Waals surface area contributed by atoms with Crippen LogP contribution in [0.25, 0.3) is 0 Å². The number of carbonyl (C=O) groups is 1. The first kappa shape index (κ1) is 45.1. The number of aliphatic hydroxyl groups excluding tert-OH is 5. The molecule has 3 rings (SSSR count). The van der Waals surface area contributed by atoms with Crippen LogP contribution in [0.2, 0.25) is 0 Å². The Morgan fingerprint density at radius 2 is 1.14 bits per heavy atom. The van der Waals surface area contributed by atoms with Gasteiger partial charge in [0, 0.05) is 25.0 Å². The third-order valence-electron chi connectivity index (χ3n) is 9.91. The van der Waals surface area contributed by atoms with Crippen LogP contribution in [0.4, 0.5) is 0 Å². The highest BCUT2D eigenvalue weighted by Crippen LogP contribution is 2.30. The molecule has 50 heavy (non-hydrogen) atoms. The summed E-state index contributed by atoms with van der Waals surface area (Å²) in [6.07, 6.45) is 6.51. The highest BCUT2D eigenvalue weighted by molar-refractivity contribution is 5.66. The molecule has 3 aliphatic rings. The first-order chi connectivity index (χ1) is 23.9. The fourth-order valence-electron chi connectivity index (χ4n) is 6.72. The highest BCUT2D eigenvalue weighted by Gasteiger charge is 2.50. The van der Waals surface area contributed by atoms with Crippen LogP contribution < -0.4 is 28.7 Å². The van der Waals surface area contributed by atoms with Gasteiger partial charge in [0.2, 0.25) is 0 Å². The summed E-state index contributed by atoms with van der Waals surface area (Å²) in [4.78, 5) is 10.3. The maximum atomic E-state index is 11.0. The Morgan fingerprint density at radius 3 is 1.62 bits per heavy atom. The van der Waals surface area contributed by atoms with Crippen molar-refractivity contribution in [2.45, 2.75) is 195 Å². The van der Waals surface area contributed by atoms with Gasteiger partial charge in [-0.05, 0) is 19.3 Å². The number of nitrogens with two attached hydrogens (primary N) is 5. The molecule has 0 aromatic carbocycles. The number of ether oxygens (including phenoxy) is 4. The Kier molecular flexibility index (Phi) is 21.9. The van der Waals surface area contributed by atoms with Gasteiger partial charge in [-0.3, -0.25) is 4.79 Å². The van der Waals surface area contributed by atoms with Crippen LogP contribution in [-0.2, 0) is 23.7 Å². The van der Waals surface area contributed by atoms with Gasteiger partial charge < -0.3 is 78.3 Å². The van der Waals surface area contributed by atoms with E-state index >= 15 is 0 Å². The Morgan fingerprint density at radius 1 is 0.660 bits per heavy atom. The number of hydrogen-bond acceptors (Lipinski definition) is 15. The summed E-state index contributed by atoms with van der Waals surface area (Å²) in [6, 6.07) is -3.27. The number of hydrogen-bond donors (Lipinski definition) is 11. The lowest BCUT2D eigenvalue weighted by Crippen LogP contribution is -2.68. The molecule has 0 spiro atoms. The van der Waals surface area contributed by atoms with Gasteiger partial charge in [0.1, 0.15) is 36.6 Å². The SMILES string of the molecule is CCCCCCCCCCCCCCCC(=O)O.NC[C@H]1O[C@H](O[C@H]2[C@H](O)C(O[C@H]3O[C@H](CO)[C@@H](O)[C@H](N)[C@H]3O)[C@H](N)C[C@@H]2N)[C@H](N)C[C@@H]1O. The van der Waals surface area contributed by atoms with E-state index in [2.05, 4.69) is 6.92 Å². The van der Waals surface area contributed by atoms with Crippen molar-refractivity contribution in [2.24, 2.45) is 28.7 Å². The summed E-state index contributed by atoms with van der Waals surface area (Å²) in [5.74, 6) is -0.655. The number of aliphatic hydroxyl groups is 5. The molecular weight excluding hydrogens is 654 g/mol. The van der Waals surface area contributed by atoms with Crippen molar-refractivity contribution in [1.29, 1.82) is 0 Å². The predicted octanol–water partition coefficient (Wildman–Crippen LogP) is -0.743. The van der Waals surface area contributed by atoms with E-state index in [1.54, 1.807) is 0 Å². The van der Waals surface area contributed by atoms with E-state index in [1.165, 1.54) is 70.6 Å². The summed E-state index contributed by atoms with van der Waals surface area (Å²) in [5.41, 5.74) is 29.8. The second-order valence-corrected chi connectivity index (χ2v) is 14.2. The smallest absolute Gasteiger partial charge is 0.303 e. The van der Waals surface area contributed by atoms with E-state index < -0.39 is 98.2 Å². The molecule has 0 amide bonds. The fraction of sp³-hybridized carbons (Fsp3) is 0.971. The molecule has 2 aliphatic heterocycles. The Labute approximate surface area is 297 Å². The lowest BCUT2D eigenvalue weighted by molar-refractivity contribution is -0.314. The van der Waals surface area contributed by atoms with Crippen LogP contribution in [0, 0.1) is 0 Å². The number of rotatable bonds is 20. The van der Waals surface area contributed by atoms with Crippen LogP contribution in [0.1, 0.15) is 110 Å². The molecule has 16 nitrogen and oxygen atoms in total. The zero-order valence-corrected chi connectivity index (χ0v) is 29.9. The average molecular weight is 724 g/mol. The third kappa shape index (κ3) is 14.7. The van der Waals surface area contributed by atoms with Gasteiger partial charge in [-0.2, -0.15) is 0 Å². The maximum absolute atomic E-state index is 11.0. The molecule has 1 unspecified atom stereocenters. The van der Waals surface area contributed by atoms with E-state index in [4.69, 9.17) is 52.7 Å². The monoisotopic (exact) mass is 723 g/mol. The Balaban J connectivity index is 0.000000411. The molecule has 16 N–H and O–H groups in total. The quantitative estimate of drug-likeness (QED) is 0.0689. The minimum atomic E-state index is -1.44. The van der Waals surface area contributed by atoms with Crippen molar-refractivity contribution in [2.75, 3.05) is 13.2 Å². The van der Waals surface area contributed by atoms with Crippen LogP contribution in [-0.4, -0.2) is 135 Å². The predicted molar refractivity (Wildman–Crippen MR) is 186 cm³/mol. The van der Waals surface area contributed by atoms with E-state index in [0.717, 1.165) is 12.8 Å². The Hall–Kier alpha value is -1.09. The molecule has 0 bridgehead atoms. The standard InChI is InChI=1S/C18H37N5O9.C16H32O2/c19-3-9-8(25)2-7(22)17(29-9)31-15-5(20)1-6(21)16(14(15)28)32-18-13(27)11(23)12(26)10(4-24)30-18;1-2-3-4-5-6-7-8-9-10-11-12-13-14-15-16(17)18/h5-18,24-28H,1-4,19-23H2;2-15H2,1H3,(H,17,18)/t5-,6+,7+,8-,9+,10+,11-,12+,13+,14-,15+,16?,17+,18+;/m0./s1. The highest BCUT2D eigenvalue weighted by atomic mass is 16.7. The topological polar surface area (TPSA) is 305 Å². The molecule has 14 atom stereocenters. The van der Waals surface area contributed by atoms with Crippen molar-refractivity contribution >= 4 is 5.97 Å². The molecule has 0 radical (unpaired) electrons. The number of carboxylic acid groups (broad SMARTS) is 1. The van der Waals surface area contributed by atoms with E-state index in [1.807, 2.05) is 0 Å². The average Bonchev–Trinajstić information content (AvgIpc) is 3.08. The first-order valence-electron chi connectivity index (χ1n) is 18.7. The van der Waals surface area contributed by atoms with Gasteiger partial charge in [-0.25, -0.2) is 0 Å². The first-order valence-corrected chi connectivity index (χ1v) is 18.7.